The predicted octanol–water partition coefficient (Wildman–Crippen LogP) is 1.58. The maximum atomic E-state index is 11.6. The van der Waals surface area contributed by atoms with Crippen LogP contribution in [-0.2, 0) is 9.53 Å². The molecule has 1 saturated heterocycles. The van der Waals surface area contributed by atoms with Gasteiger partial charge >= 0.3 is 0 Å². The molecule has 0 aromatic rings. The number of hydrogen-bond acceptors (Lipinski definition) is 4. The molecule has 0 spiro atoms. The quantitative estimate of drug-likeness (QED) is 0.515. The van der Waals surface area contributed by atoms with Gasteiger partial charge in [-0.05, 0) is 45.6 Å². The third-order valence-corrected chi connectivity index (χ3v) is 3.01. The van der Waals surface area contributed by atoms with Crippen molar-refractivity contribution in [1.82, 2.24) is 5.06 Å². The number of carbonyl (C=O) groups is 1. The van der Waals surface area contributed by atoms with Crippen molar-refractivity contribution < 1.29 is 9.53 Å². The number of hydrogen-bond donors (Lipinski definition) is 0. The Bertz CT molecular complexity index is 200. The summed E-state index contributed by atoms with van der Waals surface area (Å²) in [5.41, 5.74) is -0.884. The number of hydroxylamine groups is 2. The number of carbonyl (C=O) groups excluding carboxylic acids is 1. The second-order valence-corrected chi connectivity index (χ2v) is 4.72. The minimum Gasteiger partial charge on any atom is -0.784 e. The van der Waals surface area contributed by atoms with Crippen LogP contribution in [0.4, 0.5) is 0 Å². The monoisotopic (exact) mass is 214 g/mol. The van der Waals surface area contributed by atoms with E-state index in [1.807, 2.05) is 0 Å². The Morgan fingerprint density at radius 2 is 2.07 bits per heavy atom. The highest BCUT2D eigenvalue weighted by atomic mass is 16.5. The van der Waals surface area contributed by atoms with Gasteiger partial charge in [-0.15, -0.1) is 0 Å². The van der Waals surface area contributed by atoms with Crippen molar-refractivity contribution in [2.45, 2.75) is 38.6 Å². The fourth-order valence-electron chi connectivity index (χ4n) is 1.68. The molecule has 0 unspecified atom stereocenters. The molecule has 88 valence electrons. The number of rotatable bonds is 5. The highest BCUT2D eigenvalue weighted by molar-refractivity contribution is 5.62. The van der Waals surface area contributed by atoms with Gasteiger partial charge in [-0.25, -0.2) is 0 Å². The zero-order valence-corrected chi connectivity index (χ0v) is 9.57. The second-order valence-electron chi connectivity index (χ2n) is 4.72. The molecule has 0 aliphatic carbocycles. The minimum atomic E-state index is -0.884. The van der Waals surface area contributed by atoms with Crippen LogP contribution in [0.3, 0.4) is 0 Å². The first kappa shape index (κ1) is 12.6. The Labute approximate surface area is 91.2 Å². The van der Waals surface area contributed by atoms with E-state index in [1.54, 1.807) is 13.8 Å². The molecule has 0 amide bonds. The fourth-order valence-corrected chi connectivity index (χ4v) is 1.68. The van der Waals surface area contributed by atoms with E-state index in [0.29, 0.717) is 18.7 Å². The Kier molecular flexibility index (Phi) is 4.70. The average molecular weight is 214 g/mol. The standard InChI is InChI=1S/C11H20NO3/c1-11(2,9-13)12(14)6-3-10-4-7-15-8-5-10/h9-10H,3-8H2,1-2H3/q-1. The lowest BCUT2D eigenvalue weighted by atomic mass is 9.96. The van der Waals surface area contributed by atoms with E-state index >= 15 is 0 Å². The first-order valence-electron chi connectivity index (χ1n) is 5.55. The molecule has 1 fully saturated rings. The zero-order chi connectivity index (χ0) is 11.3. The summed E-state index contributed by atoms with van der Waals surface area (Å²) in [6, 6.07) is 0. The summed E-state index contributed by atoms with van der Waals surface area (Å²) in [5, 5.41) is 12.5. The van der Waals surface area contributed by atoms with Crippen molar-refractivity contribution in [3.05, 3.63) is 5.21 Å². The van der Waals surface area contributed by atoms with Gasteiger partial charge < -0.3 is 19.8 Å². The van der Waals surface area contributed by atoms with Crippen molar-refractivity contribution in [1.29, 1.82) is 0 Å². The van der Waals surface area contributed by atoms with Crippen LogP contribution < -0.4 is 0 Å². The Morgan fingerprint density at radius 1 is 1.47 bits per heavy atom. The maximum Gasteiger partial charge on any atom is 0.138 e. The van der Waals surface area contributed by atoms with Gasteiger partial charge in [0.2, 0.25) is 0 Å². The third kappa shape index (κ3) is 3.89. The van der Waals surface area contributed by atoms with Gasteiger partial charge in [0.1, 0.15) is 6.29 Å². The van der Waals surface area contributed by atoms with Crippen LogP contribution in [-0.4, -0.2) is 36.6 Å². The first-order valence-corrected chi connectivity index (χ1v) is 5.55. The topological polar surface area (TPSA) is 52.6 Å². The van der Waals surface area contributed by atoms with Gasteiger partial charge in [-0.1, -0.05) is 0 Å². The summed E-state index contributed by atoms with van der Waals surface area (Å²) in [6.45, 7) is 5.35. The number of ether oxygens (including phenoxy) is 1. The van der Waals surface area contributed by atoms with E-state index in [0.717, 1.165) is 37.5 Å². The Hall–Kier alpha value is -0.450. The molecule has 1 heterocycles. The molecule has 4 heteroatoms. The molecule has 1 aliphatic rings. The van der Waals surface area contributed by atoms with Crippen molar-refractivity contribution in [3.63, 3.8) is 0 Å². The van der Waals surface area contributed by atoms with Gasteiger partial charge in [-0.3, -0.25) is 0 Å². The van der Waals surface area contributed by atoms with Gasteiger partial charge in [0.25, 0.3) is 0 Å². The van der Waals surface area contributed by atoms with Crippen molar-refractivity contribution in [3.8, 4) is 0 Å². The first-order chi connectivity index (χ1) is 7.06. The van der Waals surface area contributed by atoms with Gasteiger partial charge in [0.15, 0.2) is 0 Å². The molecule has 0 bridgehead atoms. The lowest BCUT2D eigenvalue weighted by Crippen LogP contribution is -2.42. The summed E-state index contributed by atoms with van der Waals surface area (Å²) >= 11 is 0. The van der Waals surface area contributed by atoms with E-state index < -0.39 is 5.54 Å². The van der Waals surface area contributed by atoms with E-state index in [-0.39, 0.29) is 0 Å². The third-order valence-electron chi connectivity index (χ3n) is 3.01. The van der Waals surface area contributed by atoms with Gasteiger partial charge in [-0.2, -0.15) is 0 Å². The second kappa shape index (κ2) is 5.58. The van der Waals surface area contributed by atoms with E-state index in [1.165, 1.54) is 0 Å². The summed E-state index contributed by atoms with van der Waals surface area (Å²) in [6.07, 6.45) is 3.65. The number of aldehydes is 1. The molecular weight excluding hydrogens is 194 g/mol. The predicted molar refractivity (Wildman–Crippen MR) is 58.4 cm³/mol. The molecule has 4 nitrogen and oxygen atoms in total. The fraction of sp³-hybridized carbons (Fsp3) is 0.909. The van der Waals surface area contributed by atoms with Gasteiger partial charge in [0.05, 0.1) is 5.54 Å². The van der Waals surface area contributed by atoms with Crippen LogP contribution in [0.25, 0.3) is 0 Å². The normalized spacial score (nSPS) is 19.5. The molecule has 15 heavy (non-hydrogen) atoms. The minimum absolute atomic E-state index is 0.441. The summed E-state index contributed by atoms with van der Waals surface area (Å²) < 4.78 is 5.25. The van der Waals surface area contributed by atoms with E-state index in [4.69, 9.17) is 4.74 Å². The largest absolute Gasteiger partial charge is 0.784 e. The molecule has 0 N–H and O–H groups in total. The molecule has 0 radical (unpaired) electrons. The van der Waals surface area contributed by atoms with Crippen LogP contribution in [0, 0.1) is 11.1 Å². The lowest BCUT2D eigenvalue weighted by Gasteiger charge is -2.41. The Morgan fingerprint density at radius 3 is 2.60 bits per heavy atom. The molecule has 1 aliphatic heterocycles. The van der Waals surface area contributed by atoms with Crippen molar-refractivity contribution in [2.75, 3.05) is 19.8 Å². The lowest BCUT2D eigenvalue weighted by molar-refractivity contribution is -0.115. The zero-order valence-electron chi connectivity index (χ0n) is 9.57. The van der Waals surface area contributed by atoms with Crippen molar-refractivity contribution >= 4 is 6.29 Å². The highest BCUT2D eigenvalue weighted by Crippen LogP contribution is 2.20. The molecule has 0 saturated carbocycles. The SMILES string of the molecule is CC(C)(C=O)N([O-])CCC1CCOCC1. The molecular formula is C11H20NO3-. The summed E-state index contributed by atoms with van der Waals surface area (Å²) in [5.74, 6) is 0.581. The van der Waals surface area contributed by atoms with Gasteiger partial charge in [0, 0.05) is 13.2 Å². The van der Waals surface area contributed by atoms with Crippen LogP contribution in [0.15, 0.2) is 0 Å². The summed E-state index contributed by atoms with van der Waals surface area (Å²) in [7, 11) is 0. The average Bonchev–Trinajstić information content (AvgIpc) is 2.27. The van der Waals surface area contributed by atoms with Crippen LogP contribution in [0.1, 0.15) is 33.1 Å². The van der Waals surface area contributed by atoms with Crippen LogP contribution >= 0.6 is 0 Å². The van der Waals surface area contributed by atoms with Crippen LogP contribution in [0.5, 0.6) is 0 Å². The molecule has 0 aromatic carbocycles. The molecule has 0 aromatic heterocycles. The van der Waals surface area contributed by atoms with E-state index in [9.17, 15) is 10.0 Å². The number of nitrogens with zero attached hydrogens (tertiary/aromatic N) is 1. The highest BCUT2D eigenvalue weighted by Gasteiger charge is 2.20. The molecule has 1 rings (SSSR count). The molecule has 0 atom stereocenters. The van der Waals surface area contributed by atoms with Crippen molar-refractivity contribution in [2.24, 2.45) is 5.92 Å². The maximum absolute atomic E-state index is 11.6. The Balaban J connectivity index is 2.26. The van der Waals surface area contributed by atoms with E-state index in [2.05, 4.69) is 0 Å². The summed E-state index contributed by atoms with van der Waals surface area (Å²) in [4.78, 5) is 10.7. The van der Waals surface area contributed by atoms with Crippen LogP contribution in [0.2, 0.25) is 0 Å². The smallest absolute Gasteiger partial charge is 0.138 e.